The fraction of sp³-hybridized carbons (Fsp3) is 0.516. The zero-order valence-electron chi connectivity index (χ0n) is 78.0. The summed E-state index contributed by atoms with van der Waals surface area (Å²) in [7, 11) is -4.66. The van der Waals surface area contributed by atoms with Crippen LogP contribution in [0.1, 0.15) is 168 Å². The number of carbonyl (C=O) groups is 12. The van der Waals surface area contributed by atoms with Crippen LogP contribution in [0.2, 0.25) is 0 Å². The molecule has 10 bridgehead atoms. The van der Waals surface area contributed by atoms with Gasteiger partial charge in [0.05, 0.1) is 42.4 Å². The zero-order valence-corrected chi connectivity index (χ0v) is 80.4. The largest absolute Gasteiger partial charge is 0.494 e. The first-order valence-electron chi connectivity index (χ1n) is 44.7. The number of carboxylic acids is 1. The van der Waals surface area contributed by atoms with E-state index in [0.717, 1.165) is 26.4 Å². The molecule has 722 valence electrons. The van der Waals surface area contributed by atoms with Crippen LogP contribution in [0.15, 0.2) is 140 Å². The van der Waals surface area contributed by atoms with Gasteiger partial charge >= 0.3 is 12.1 Å². The fourth-order valence-electron chi connectivity index (χ4n) is 15.9. The van der Waals surface area contributed by atoms with Crippen molar-refractivity contribution < 1.29 is 93.7 Å². The summed E-state index contributed by atoms with van der Waals surface area (Å²) in [5.41, 5.74) is -0.326. The Hall–Kier alpha value is -11.7. The minimum Gasteiger partial charge on any atom is -0.494 e. The van der Waals surface area contributed by atoms with Gasteiger partial charge in [-0.25, -0.2) is 36.2 Å². The lowest BCUT2D eigenvalue weighted by Gasteiger charge is -2.37. The lowest BCUT2D eigenvalue weighted by molar-refractivity contribution is -0.145. The van der Waals surface area contributed by atoms with Crippen molar-refractivity contribution in [2.24, 2.45) is 27.8 Å². The minimum absolute atomic E-state index is 0.0101. The summed E-state index contributed by atoms with van der Waals surface area (Å²) in [6, 6.07) is 27.4. The lowest BCUT2D eigenvalue weighted by Crippen LogP contribution is -2.60. The van der Waals surface area contributed by atoms with Crippen molar-refractivity contribution in [2.75, 3.05) is 57.7 Å². The predicted molar refractivity (Wildman–Crippen MR) is 502 cm³/mol. The van der Waals surface area contributed by atoms with Crippen LogP contribution in [0.3, 0.4) is 0 Å². The van der Waals surface area contributed by atoms with Crippen molar-refractivity contribution in [3.63, 3.8) is 0 Å². The molecule has 2 saturated heterocycles. The Bertz CT molecular complexity index is 5530. The summed E-state index contributed by atoms with van der Waals surface area (Å²) < 4.78 is 69.5. The first kappa shape index (κ1) is 105. The molecule has 10 amide bonds. The maximum atomic E-state index is 15.8. The number of alkyl halides is 1. The number of carboxylic acid groups (broad SMARTS) is 1. The Morgan fingerprint density at radius 1 is 0.647 bits per heavy atom. The molecule has 35 nitrogen and oxygen atoms in total. The van der Waals surface area contributed by atoms with E-state index in [4.69, 9.17) is 25.8 Å². The van der Waals surface area contributed by atoms with Gasteiger partial charge in [0.25, 0.3) is 0 Å². The molecule has 7 heterocycles. The van der Waals surface area contributed by atoms with Gasteiger partial charge in [-0.1, -0.05) is 156 Å². The highest BCUT2D eigenvalue weighted by molar-refractivity contribution is 7.90. The molecule has 12 atom stereocenters. The van der Waals surface area contributed by atoms with E-state index in [0.29, 0.717) is 71.0 Å². The number of likely N-dealkylation sites (N-methyl/N-ethyl adjacent to an activating group) is 2. The van der Waals surface area contributed by atoms with Crippen molar-refractivity contribution in [2.45, 2.75) is 233 Å². The molecule has 2 fully saturated rings. The standard InChI is InChI=1S/C92H120N14O18S.C3H8ClNO2S/c1-55(93-13)80(109)98-78(90(4,5)6)86(115)104-51-62-22-19-20-40-122-70-35-29-58(30-36-70)42-67(82(111)101-125(120,121)41-21-39-94-57(3)107)49-77(108)72(46-60-27-33-63-23-15-17-25-65(63)43-60)95-85(114)76-50-69(53-105(76)87(116)79(91(7,8)9)99-81(110)56(2)103(14)89(119)124-92(10,11)12)106-52-68(100-102-106)54-123-71-37-31-59(32-38-71)45-74(88(117)118)97-83(112)73(96-84(113)75(104)48-62)47-61-28-34-64-24-16-18-26-66(64)44-61;4-2-1-3-8(5,6)7/h15-18,23-38,43-44,52,55-56,62,67,69,72-76,78-79,93H,19-22,39-42,45-51,53-54H2,1-14H3,(H,94,107)(H,95,114)(H,96,113)(H,97,112)(H,98,109)(H,99,110)(H,101,111)(H,117,118);1-3H2,(H2,5,6,7)/t55-,56-,62-,67+,69-,72-,73-,74-,75-,76-,78+,79+;/m0./s1. The molecule has 133 heavy (non-hydrogen) atoms. The number of primary sulfonamides is 1. The molecule has 13 rings (SSSR count). The summed E-state index contributed by atoms with van der Waals surface area (Å²) in [5, 5.41) is 47.7. The molecule has 1 aromatic heterocycles. The number of Topliss-reactive ketones (excluding diaryl/α,β-unsaturated/α-hetero) is 1. The Kier molecular flexibility index (Phi) is 37.0. The maximum Gasteiger partial charge on any atom is 0.410 e. The lowest BCUT2D eigenvalue weighted by atomic mass is 9.85. The number of nitrogens with zero attached hydrogens (tertiary/aromatic N) is 6. The average Bonchev–Trinajstić information content (AvgIpc) is 1.67. The summed E-state index contributed by atoms with van der Waals surface area (Å²) in [6.45, 7) is 19.9. The van der Waals surface area contributed by atoms with Gasteiger partial charge in [0.2, 0.25) is 73.2 Å². The van der Waals surface area contributed by atoms with Gasteiger partial charge < -0.3 is 66.3 Å². The number of aromatic nitrogens is 3. The summed E-state index contributed by atoms with van der Waals surface area (Å²) in [4.78, 5) is 178. The molecule has 0 unspecified atom stereocenters. The number of fused-ring (bicyclic) bond motifs is 2. The third-order valence-electron chi connectivity index (χ3n) is 23.5. The van der Waals surface area contributed by atoms with Crippen LogP contribution >= 0.6 is 11.6 Å². The van der Waals surface area contributed by atoms with Crippen LogP contribution in [0, 0.1) is 22.7 Å². The zero-order chi connectivity index (χ0) is 97.6. The van der Waals surface area contributed by atoms with Crippen LogP contribution in [-0.4, -0.2) is 240 Å². The Balaban J connectivity index is 0.00000237. The average molecular weight is 1900 g/mol. The molecule has 7 aromatic rings. The number of rotatable bonds is 22. The first-order chi connectivity index (χ1) is 62.5. The molecule has 0 saturated carbocycles. The smallest absolute Gasteiger partial charge is 0.410 e. The van der Waals surface area contributed by atoms with Crippen LogP contribution in [0.25, 0.3) is 21.5 Å². The Labute approximate surface area is 782 Å². The number of nitrogens with two attached hydrogens (primary N) is 1. The van der Waals surface area contributed by atoms with E-state index in [2.05, 4.69) is 57.4 Å². The fourth-order valence-corrected chi connectivity index (χ4v) is 17.8. The molecular weight excluding hydrogens is 1770 g/mol. The number of halogens is 1. The molecule has 0 spiro atoms. The van der Waals surface area contributed by atoms with Crippen molar-refractivity contribution in [3.05, 3.63) is 168 Å². The van der Waals surface area contributed by atoms with Crippen LogP contribution < -0.4 is 56.6 Å². The van der Waals surface area contributed by atoms with Crippen LogP contribution in [0.4, 0.5) is 4.79 Å². The highest BCUT2D eigenvalue weighted by atomic mass is 35.5. The second kappa shape index (κ2) is 46.8. The summed E-state index contributed by atoms with van der Waals surface area (Å²) in [5.74, 6) is -9.27. The SMILES string of the molecule is CN[C@@H](C)C(=O)N[C@H](C(=O)N1C[C@H]2CCCCOc3ccc(cc3)C[C@@H](C(=O)NS(=O)(=O)CCCNC(C)=O)CC(=O)[C@H](Cc3ccc4ccccc4c3)NC(=O)[C@@H]3C[C@@H](CN3C(=O)[C@@H](NC(=O)[C@H](C)N(C)C(=O)OC(C)(C)C)C(C)(C)C)n3cc(nn3)COc3ccc(cc3)C[C@@H](C(=O)O)NC(=O)[C@H](Cc3ccc4ccccc4c3)NC(=O)[C@@H]1C2)C(C)(C)C.NS(=O)(=O)CCCCl. The van der Waals surface area contributed by atoms with Crippen molar-refractivity contribution in [1.29, 1.82) is 0 Å². The molecule has 11 N–H and O–H groups in total. The van der Waals surface area contributed by atoms with Crippen LogP contribution in [-0.2, 0) is 110 Å². The molecule has 6 aliphatic rings. The minimum atomic E-state index is -4.39. The second-order valence-corrected chi connectivity index (χ2v) is 41.6. The number of carbonyl (C=O) groups excluding carboxylic acids is 11. The van der Waals surface area contributed by atoms with E-state index in [1.165, 1.54) is 35.4 Å². The highest BCUT2D eigenvalue weighted by Gasteiger charge is 2.49. The monoisotopic (exact) mass is 1900 g/mol. The molecule has 6 aliphatic heterocycles. The van der Waals surface area contributed by atoms with Gasteiger partial charge in [-0.2, -0.15) is 0 Å². The molecule has 38 heteroatoms. The van der Waals surface area contributed by atoms with Gasteiger partial charge in [0.15, 0.2) is 5.78 Å². The van der Waals surface area contributed by atoms with Crippen molar-refractivity contribution in [3.8, 4) is 11.5 Å². The number of ether oxygens (including phenoxy) is 3. The van der Waals surface area contributed by atoms with E-state index in [1.807, 2.05) is 99.6 Å². The second-order valence-electron chi connectivity index (χ2n) is 37.6. The van der Waals surface area contributed by atoms with E-state index < -0.39 is 180 Å². The molecular formula is C95H128ClN15O20S2. The normalized spacial score (nSPS) is 20.4. The molecule has 6 aromatic carbocycles. The van der Waals surface area contributed by atoms with E-state index >= 15 is 24.0 Å². The van der Waals surface area contributed by atoms with Crippen LogP contribution in [0.5, 0.6) is 11.5 Å². The van der Waals surface area contributed by atoms with Gasteiger partial charge in [0.1, 0.15) is 71.7 Å². The number of amides is 10. The topological polar surface area (TPSA) is 484 Å². The van der Waals surface area contributed by atoms with Gasteiger partial charge in [-0.15, -0.1) is 16.7 Å². The number of hydrogen-bond donors (Lipinski definition) is 10. The third-order valence-corrected chi connectivity index (χ3v) is 26.0. The van der Waals surface area contributed by atoms with Crippen molar-refractivity contribution in [1.82, 2.24) is 71.6 Å². The molecule has 0 radical (unpaired) electrons. The third kappa shape index (κ3) is 31.5. The number of ketones is 1. The van der Waals surface area contributed by atoms with E-state index in [-0.39, 0.29) is 95.4 Å². The number of aliphatic carboxylic acids is 1. The highest BCUT2D eigenvalue weighted by Crippen LogP contribution is 2.35. The van der Waals surface area contributed by atoms with Gasteiger partial charge in [-0.05, 0) is 178 Å². The number of nitrogens with one attached hydrogen (secondary N) is 8. The summed E-state index contributed by atoms with van der Waals surface area (Å²) in [6.07, 6.45) is 1.46. The first-order valence-corrected chi connectivity index (χ1v) is 48.6. The Morgan fingerprint density at radius 3 is 1.71 bits per heavy atom. The predicted octanol–water partition coefficient (Wildman–Crippen LogP) is 7.27. The number of sulfonamides is 2. The van der Waals surface area contributed by atoms with Gasteiger partial charge in [-0.3, -0.25) is 57.6 Å². The van der Waals surface area contributed by atoms with Gasteiger partial charge in [0, 0.05) is 71.1 Å². The quantitative estimate of drug-likeness (QED) is 0.0235. The molecule has 0 aliphatic carbocycles. The number of hydrogen-bond acceptors (Lipinski definition) is 22. The Morgan fingerprint density at radius 2 is 1.18 bits per heavy atom. The summed E-state index contributed by atoms with van der Waals surface area (Å²) >= 11 is 5.19. The number of benzene rings is 6. The van der Waals surface area contributed by atoms with E-state index in [9.17, 15) is 55.5 Å². The van der Waals surface area contributed by atoms with Crippen molar-refractivity contribution >= 4 is 124 Å². The number of likely N-dealkylation sites (tertiary alicyclic amines) is 2. The maximum absolute atomic E-state index is 15.8. The van der Waals surface area contributed by atoms with E-state index in [1.54, 1.807) is 116 Å².